The van der Waals surface area contributed by atoms with Crippen LogP contribution in [0.25, 0.3) is 10.9 Å². The standard InChI is InChI=1S/C22H26BrN3O2/c1-28-22(27)17-7-4-5-14-12-26(13-24)20(11-18(14)17)21-16(9-10-23)15-6-2-3-8-19(15)25-21/h2-3,6,8,14,17-18,20,25H,4-5,7,9-12H2,1H3/t14-,17-,18-,20-/m0/s1. The van der Waals surface area contributed by atoms with Gasteiger partial charge in [-0.1, -0.05) is 40.5 Å². The third kappa shape index (κ3) is 3.30. The molecule has 2 aromatic rings. The maximum Gasteiger partial charge on any atom is 0.308 e. The number of H-pyrrole nitrogens is 1. The van der Waals surface area contributed by atoms with E-state index in [1.807, 2.05) is 11.0 Å². The average molecular weight is 444 g/mol. The number of methoxy groups -OCH3 is 1. The average Bonchev–Trinajstić information content (AvgIpc) is 3.10. The second-order valence-electron chi connectivity index (χ2n) is 7.99. The molecule has 1 aromatic carbocycles. The van der Waals surface area contributed by atoms with Gasteiger partial charge in [-0.25, -0.2) is 0 Å². The van der Waals surface area contributed by atoms with Crippen LogP contribution in [-0.4, -0.2) is 34.8 Å². The molecule has 1 aliphatic carbocycles. The highest BCUT2D eigenvalue weighted by atomic mass is 79.9. The molecule has 4 rings (SSSR count). The zero-order valence-corrected chi connectivity index (χ0v) is 17.7. The summed E-state index contributed by atoms with van der Waals surface area (Å²) in [5.74, 6) is 0.532. The van der Waals surface area contributed by atoms with Crippen LogP contribution in [0.4, 0.5) is 0 Å². The van der Waals surface area contributed by atoms with E-state index in [2.05, 4.69) is 45.3 Å². The number of likely N-dealkylation sites (tertiary alicyclic amines) is 1. The maximum absolute atomic E-state index is 12.4. The van der Waals surface area contributed by atoms with Gasteiger partial charge >= 0.3 is 5.97 Å². The van der Waals surface area contributed by atoms with Gasteiger partial charge in [-0.15, -0.1) is 0 Å². The summed E-state index contributed by atoms with van der Waals surface area (Å²) in [6, 6.07) is 8.32. The van der Waals surface area contributed by atoms with Crippen molar-refractivity contribution in [3.8, 4) is 6.19 Å². The van der Waals surface area contributed by atoms with E-state index < -0.39 is 0 Å². The van der Waals surface area contributed by atoms with Gasteiger partial charge in [0.15, 0.2) is 6.19 Å². The fraction of sp³-hybridized carbons (Fsp3) is 0.545. The SMILES string of the molecule is COC(=O)[C@H]1CCC[C@H]2CN(C#N)[C@H](c3[nH]c4ccccc4c3CCBr)C[C@@H]21. The Kier molecular flexibility index (Phi) is 5.63. The van der Waals surface area contributed by atoms with Gasteiger partial charge in [-0.3, -0.25) is 4.79 Å². The Morgan fingerprint density at radius 2 is 2.21 bits per heavy atom. The highest BCUT2D eigenvalue weighted by Gasteiger charge is 2.45. The highest BCUT2D eigenvalue weighted by Crippen LogP contribution is 2.47. The van der Waals surface area contributed by atoms with E-state index in [0.717, 1.165) is 55.2 Å². The number of carbonyl (C=O) groups is 1. The van der Waals surface area contributed by atoms with Crippen molar-refractivity contribution >= 4 is 32.8 Å². The Balaban J connectivity index is 1.74. The minimum atomic E-state index is -0.0869. The van der Waals surface area contributed by atoms with Crippen molar-refractivity contribution in [1.29, 1.82) is 5.26 Å². The van der Waals surface area contributed by atoms with Gasteiger partial charge in [-0.05, 0) is 49.1 Å². The molecule has 0 bridgehead atoms. The number of hydrogen-bond acceptors (Lipinski definition) is 4. The summed E-state index contributed by atoms with van der Waals surface area (Å²) in [5, 5.41) is 12.0. The fourth-order valence-corrected chi connectivity index (χ4v) is 5.80. The summed E-state index contributed by atoms with van der Waals surface area (Å²) in [7, 11) is 1.49. The Labute approximate surface area is 174 Å². The zero-order valence-electron chi connectivity index (χ0n) is 16.2. The molecule has 5 nitrogen and oxygen atoms in total. The first-order valence-corrected chi connectivity index (χ1v) is 11.2. The number of nitrogens with one attached hydrogen (secondary N) is 1. The predicted molar refractivity (Wildman–Crippen MR) is 112 cm³/mol. The van der Waals surface area contributed by atoms with Crippen molar-refractivity contribution in [1.82, 2.24) is 9.88 Å². The molecule has 1 N–H and O–H groups in total. The van der Waals surface area contributed by atoms with E-state index >= 15 is 0 Å². The molecular formula is C22H26BrN3O2. The number of alkyl halides is 1. The lowest BCUT2D eigenvalue weighted by molar-refractivity contribution is -0.151. The molecule has 0 radical (unpaired) electrons. The number of carbonyl (C=O) groups excluding carboxylic acids is 1. The van der Waals surface area contributed by atoms with Crippen molar-refractivity contribution in [3.05, 3.63) is 35.5 Å². The first-order valence-electron chi connectivity index (χ1n) is 10.1. The quantitative estimate of drug-likeness (QED) is 0.427. The lowest BCUT2D eigenvalue weighted by Crippen LogP contribution is -2.46. The summed E-state index contributed by atoms with van der Waals surface area (Å²) in [6.07, 6.45) is 7.19. The van der Waals surface area contributed by atoms with Gasteiger partial charge in [0.2, 0.25) is 0 Å². The molecule has 1 aromatic heterocycles. The molecular weight excluding hydrogens is 418 g/mol. The summed E-state index contributed by atoms with van der Waals surface area (Å²) in [5.41, 5.74) is 3.53. The van der Waals surface area contributed by atoms with Gasteiger partial charge in [0.25, 0.3) is 0 Å². The number of aryl methyl sites for hydroxylation is 1. The van der Waals surface area contributed by atoms with Gasteiger partial charge in [0, 0.05) is 28.5 Å². The summed E-state index contributed by atoms with van der Waals surface area (Å²) >= 11 is 3.59. The number of piperidine rings is 1. The van der Waals surface area contributed by atoms with E-state index in [9.17, 15) is 10.1 Å². The van der Waals surface area contributed by atoms with Crippen molar-refractivity contribution < 1.29 is 9.53 Å². The number of ether oxygens (including phenoxy) is 1. The van der Waals surface area contributed by atoms with Crippen LogP contribution in [-0.2, 0) is 16.0 Å². The van der Waals surface area contributed by atoms with Crippen molar-refractivity contribution in [2.45, 2.75) is 38.1 Å². The van der Waals surface area contributed by atoms with Gasteiger partial charge in [-0.2, -0.15) is 5.26 Å². The lowest BCUT2D eigenvalue weighted by Gasteiger charge is -2.46. The molecule has 1 saturated carbocycles. The van der Waals surface area contributed by atoms with Gasteiger partial charge in [0.05, 0.1) is 19.1 Å². The number of nitrogens with zero attached hydrogens (tertiary/aromatic N) is 2. The van der Waals surface area contributed by atoms with Gasteiger partial charge < -0.3 is 14.6 Å². The molecule has 2 fully saturated rings. The van der Waals surface area contributed by atoms with E-state index in [-0.39, 0.29) is 23.8 Å². The Bertz CT molecular complexity index is 903. The Hall–Kier alpha value is -2.00. The molecule has 6 heteroatoms. The first kappa shape index (κ1) is 19.3. The van der Waals surface area contributed by atoms with Gasteiger partial charge in [0.1, 0.15) is 0 Å². The molecule has 0 spiro atoms. The maximum atomic E-state index is 12.4. The van der Waals surface area contributed by atoms with Crippen molar-refractivity contribution in [3.63, 3.8) is 0 Å². The third-order valence-corrected chi connectivity index (χ3v) is 7.07. The number of aromatic nitrogens is 1. The number of hydrogen-bond donors (Lipinski definition) is 1. The van der Waals surface area contributed by atoms with E-state index in [0.29, 0.717) is 5.92 Å². The summed E-state index contributed by atoms with van der Waals surface area (Å²) in [6.45, 7) is 0.725. The number of para-hydroxylation sites is 1. The highest BCUT2D eigenvalue weighted by molar-refractivity contribution is 9.09. The predicted octanol–water partition coefficient (Wildman–Crippen LogP) is 4.54. The molecule has 148 valence electrons. The van der Waals surface area contributed by atoms with Crippen LogP contribution >= 0.6 is 15.9 Å². The minimum Gasteiger partial charge on any atom is -0.469 e. The number of rotatable bonds is 4. The number of halogens is 1. The van der Waals surface area contributed by atoms with Crippen molar-refractivity contribution in [2.75, 3.05) is 19.0 Å². The number of esters is 1. The number of fused-ring (bicyclic) bond motifs is 2. The fourth-order valence-electron chi connectivity index (χ4n) is 5.40. The van der Waals surface area contributed by atoms with Crippen LogP contribution in [0, 0.1) is 29.2 Å². The monoisotopic (exact) mass is 443 g/mol. The number of aromatic amines is 1. The van der Waals surface area contributed by atoms with Crippen LogP contribution < -0.4 is 0 Å². The van der Waals surface area contributed by atoms with Crippen LogP contribution in [0.2, 0.25) is 0 Å². The second kappa shape index (κ2) is 8.16. The number of nitriles is 1. The van der Waals surface area contributed by atoms with E-state index in [1.54, 1.807) is 0 Å². The topological polar surface area (TPSA) is 69.1 Å². The normalized spacial score (nSPS) is 27.2. The van der Waals surface area contributed by atoms with Crippen molar-refractivity contribution in [2.24, 2.45) is 17.8 Å². The van der Waals surface area contributed by atoms with E-state index in [1.165, 1.54) is 18.1 Å². The summed E-state index contributed by atoms with van der Waals surface area (Å²) in [4.78, 5) is 18.0. The molecule has 2 heterocycles. The number of benzene rings is 1. The second-order valence-corrected chi connectivity index (χ2v) is 8.78. The molecule has 0 unspecified atom stereocenters. The largest absolute Gasteiger partial charge is 0.469 e. The minimum absolute atomic E-state index is 0.0158. The molecule has 2 aliphatic rings. The Morgan fingerprint density at radius 1 is 1.39 bits per heavy atom. The van der Waals surface area contributed by atoms with Crippen LogP contribution in [0.5, 0.6) is 0 Å². The summed E-state index contributed by atoms with van der Waals surface area (Å²) < 4.78 is 5.11. The first-order chi connectivity index (χ1) is 13.7. The molecule has 0 amide bonds. The van der Waals surface area contributed by atoms with Crippen LogP contribution in [0.3, 0.4) is 0 Å². The molecule has 1 aliphatic heterocycles. The van der Waals surface area contributed by atoms with Crippen LogP contribution in [0.1, 0.15) is 43.0 Å². The molecule has 28 heavy (non-hydrogen) atoms. The molecule has 1 saturated heterocycles. The third-order valence-electron chi connectivity index (χ3n) is 6.67. The van der Waals surface area contributed by atoms with E-state index in [4.69, 9.17) is 4.74 Å². The zero-order chi connectivity index (χ0) is 19.7. The Morgan fingerprint density at radius 3 is 2.96 bits per heavy atom. The molecule has 4 atom stereocenters. The van der Waals surface area contributed by atoms with Crippen LogP contribution in [0.15, 0.2) is 24.3 Å². The smallest absolute Gasteiger partial charge is 0.308 e. The lowest BCUT2D eigenvalue weighted by atomic mass is 9.66.